The maximum absolute atomic E-state index is 11.4. The van der Waals surface area contributed by atoms with Crippen molar-refractivity contribution in [2.24, 2.45) is 7.05 Å². The SMILES string of the molecule is Cc1nn(C)c(N2CCN(Cc3ccc4c(c3)OCO4)CC2)c1[N+](=O)[O-]. The van der Waals surface area contributed by atoms with E-state index in [1.54, 1.807) is 18.7 Å². The summed E-state index contributed by atoms with van der Waals surface area (Å²) in [6.07, 6.45) is 0. The first-order valence-corrected chi connectivity index (χ1v) is 8.57. The standard InChI is InChI=1S/C17H21N5O4/c1-12-16(22(23)24)17(19(2)18-12)21-7-5-20(6-8-21)10-13-3-4-14-15(9-13)26-11-25-14/h3-4,9H,5-8,10-11H2,1-2H3. The van der Waals surface area contributed by atoms with Crippen molar-refractivity contribution < 1.29 is 14.4 Å². The van der Waals surface area contributed by atoms with Gasteiger partial charge < -0.3 is 14.4 Å². The lowest BCUT2D eigenvalue weighted by molar-refractivity contribution is -0.384. The van der Waals surface area contributed by atoms with Crippen LogP contribution in [0.4, 0.5) is 11.5 Å². The molecule has 26 heavy (non-hydrogen) atoms. The third-order valence-electron chi connectivity index (χ3n) is 4.86. The number of anilines is 1. The summed E-state index contributed by atoms with van der Waals surface area (Å²) in [5, 5.41) is 15.6. The summed E-state index contributed by atoms with van der Waals surface area (Å²) in [7, 11) is 1.76. The predicted molar refractivity (Wildman–Crippen MR) is 94.7 cm³/mol. The van der Waals surface area contributed by atoms with Crippen LogP contribution in [0.5, 0.6) is 11.5 Å². The third-order valence-corrected chi connectivity index (χ3v) is 4.86. The van der Waals surface area contributed by atoms with Crippen LogP contribution in [0.3, 0.4) is 0 Å². The molecule has 0 aliphatic carbocycles. The van der Waals surface area contributed by atoms with Crippen molar-refractivity contribution in [1.29, 1.82) is 0 Å². The summed E-state index contributed by atoms with van der Waals surface area (Å²) < 4.78 is 12.4. The van der Waals surface area contributed by atoms with Crippen molar-refractivity contribution in [2.45, 2.75) is 13.5 Å². The predicted octanol–water partition coefficient (Wildman–Crippen LogP) is 1.69. The van der Waals surface area contributed by atoms with Crippen LogP contribution in [0.2, 0.25) is 0 Å². The van der Waals surface area contributed by atoms with Gasteiger partial charge in [0.05, 0.1) is 4.92 Å². The second kappa shape index (κ2) is 6.49. The van der Waals surface area contributed by atoms with Crippen molar-refractivity contribution in [3.8, 4) is 11.5 Å². The van der Waals surface area contributed by atoms with Crippen LogP contribution < -0.4 is 14.4 Å². The minimum absolute atomic E-state index is 0.108. The maximum atomic E-state index is 11.4. The molecule has 4 rings (SSSR count). The highest BCUT2D eigenvalue weighted by molar-refractivity contribution is 5.61. The van der Waals surface area contributed by atoms with E-state index < -0.39 is 0 Å². The monoisotopic (exact) mass is 359 g/mol. The molecule has 0 saturated carbocycles. The number of rotatable bonds is 4. The number of nitrogens with zero attached hydrogens (tertiary/aromatic N) is 5. The zero-order chi connectivity index (χ0) is 18.3. The van der Waals surface area contributed by atoms with E-state index in [4.69, 9.17) is 9.47 Å². The number of aryl methyl sites for hydroxylation is 2. The van der Waals surface area contributed by atoms with Gasteiger partial charge in [-0.25, -0.2) is 4.68 Å². The van der Waals surface area contributed by atoms with Gasteiger partial charge in [0.1, 0.15) is 5.69 Å². The Morgan fingerprint density at radius 2 is 1.92 bits per heavy atom. The molecule has 138 valence electrons. The first-order valence-electron chi connectivity index (χ1n) is 8.57. The lowest BCUT2D eigenvalue weighted by Gasteiger charge is -2.35. The molecule has 1 saturated heterocycles. The van der Waals surface area contributed by atoms with Crippen molar-refractivity contribution in [2.75, 3.05) is 37.9 Å². The van der Waals surface area contributed by atoms with E-state index in [9.17, 15) is 10.1 Å². The first kappa shape index (κ1) is 16.6. The molecule has 0 radical (unpaired) electrons. The number of hydrogen-bond donors (Lipinski definition) is 0. The number of nitro groups is 1. The summed E-state index contributed by atoms with van der Waals surface area (Å²) in [5.41, 5.74) is 1.73. The van der Waals surface area contributed by atoms with Crippen LogP contribution in [0, 0.1) is 17.0 Å². The molecule has 9 heteroatoms. The van der Waals surface area contributed by atoms with E-state index in [-0.39, 0.29) is 17.4 Å². The lowest BCUT2D eigenvalue weighted by atomic mass is 10.1. The highest BCUT2D eigenvalue weighted by Crippen LogP contribution is 2.34. The summed E-state index contributed by atoms with van der Waals surface area (Å²) in [6.45, 7) is 5.88. The minimum atomic E-state index is -0.337. The zero-order valence-electron chi connectivity index (χ0n) is 14.8. The highest BCUT2D eigenvalue weighted by Gasteiger charge is 2.30. The Hall–Kier alpha value is -2.81. The van der Waals surface area contributed by atoms with Crippen LogP contribution in [-0.4, -0.2) is 52.6 Å². The van der Waals surface area contributed by atoms with Gasteiger partial charge in [0, 0.05) is 39.8 Å². The number of fused-ring (bicyclic) bond motifs is 1. The molecular formula is C17H21N5O4. The van der Waals surface area contributed by atoms with E-state index >= 15 is 0 Å². The van der Waals surface area contributed by atoms with Gasteiger partial charge in [0.25, 0.3) is 0 Å². The Bertz CT molecular complexity index is 842. The van der Waals surface area contributed by atoms with Crippen LogP contribution in [0.1, 0.15) is 11.3 Å². The summed E-state index contributed by atoms with van der Waals surface area (Å²) in [5.74, 6) is 2.18. The van der Waals surface area contributed by atoms with Crippen LogP contribution in [0.15, 0.2) is 18.2 Å². The molecular weight excluding hydrogens is 338 g/mol. The van der Waals surface area contributed by atoms with Gasteiger partial charge in [-0.2, -0.15) is 5.10 Å². The summed E-state index contributed by atoms with van der Waals surface area (Å²) in [6, 6.07) is 6.01. The van der Waals surface area contributed by atoms with E-state index in [1.807, 2.05) is 17.0 Å². The second-order valence-electron chi connectivity index (χ2n) is 6.59. The quantitative estimate of drug-likeness (QED) is 0.606. The molecule has 1 aromatic carbocycles. The van der Waals surface area contributed by atoms with E-state index in [1.165, 1.54) is 5.56 Å². The lowest BCUT2D eigenvalue weighted by Crippen LogP contribution is -2.46. The Kier molecular flexibility index (Phi) is 4.15. The van der Waals surface area contributed by atoms with Gasteiger partial charge in [-0.3, -0.25) is 15.0 Å². The van der Waals surface area contributed by atoms with E-state index in [0.29, 0.717) is 11.5 Å². The van der Waals surface area contributed by atoms with E-state index in [2.05, 4.69) is 16.1 Å². The molecule has 2 aliphatic rings. The van der Waals surface area contributed by atoms with E-state index in [0.717, 1.165) is 44.2 Å². The Balaban J connectivity index is 1.43. The number of ether oxygens (including phenoxy) is 2. The van der Waals surface area contributed by atoms with Crippen LogP contribution >= 0.6 is 0 Å². The molecule has 0 unspecified atom stereocenters. The van der Waals surface area contributed by atoms with Crippen molar-refractivity contribution in [3.05, 3.63) is 39.6 Å². The average Bonchev–Trinajstić information content (AvgIpc) is 3.18. The number of piperazine rings is 1. The van der Waals surface area contributed by atoms with Crippen molar-refractivity contribution >= 4 is 11.5 Å². The van der Waals surface area contributed by atoms with Crippen LogP contribution in [0.25, 0.3) is 0 Å². The van der Waals surface area contributed by atoms with Crippen molar-refractivity contribution in [1.82, 2.24) is 14.7 Å². The molecule has 0 bridgehead atoms. The number of aromatic nitrogens is 2. The molecule has 9 nitrogen and oxygen atoms in total. The van der Waals surface area contributed by atoms with Gasteiger partial charge in [-0.05, 0) is 24.6 Å². The minimum Gasteiger partial charge on any atom is -0.454 e. The van der Waals surface area contributed by atoms with Crippen molar-refractivity contribution in [3.63, 3.8) is 0 Å². The molecule has 0 atom stereocenters. The Labute approximate surface area is 150 Å². The van der Waals surface area contributed by atoms with Gasteiger partial charge in [-0.15, -0.1) is 0 Å². The second-order valence-corrected chi connectivity index (χ2v) is 6.59. The fraction of sp³-hybridized carbons (Fsp3) is 0.471. The smallest absolute Gasteiger partial charge is 0.333 e. The number of benzene rings is 1. The molecule has 0 spiro atoms. The molecule has 2 aliphatic heterocycles. The van der Waals surface area contributed by atoms with Crippen LogP contribution in [-0.2, 0) is 13.6 Å². The van der Waals surface area contributed by atoms with Gasteiger partial charge >= 0.3 is 5.69 Å². The summed E-state index contributed by atoms with van der Waals surface area (Å²) in [4.78, 5) is 15.4. The maximum Gasteiger partial charge on any atom is 0.333 e. The first-order chi connectivity index (χ1) is 12.5. The molecule has 1 fully saturated rings. The topological polar surface area (TPSA) is 85.9 Å². The highest BCUT2D eigenvalue weighted by atomic mass is 16.7. The summed E-state index contributed by atoms with van der Waals surface area (Å²) >= 11 is 0. The molecule has 3 heterocycles. The van der Waals surface area contributed by atoms with Gasteiger partial charge in [-0.1, -0.05) is 6.07 Å². The normalized spacial score (nSPS) is 16.9. The fourth-order valence-corrected chi connectivity index (χ4v) is 3.62. The fourth-order valence-electron chi connectivity index (χ4n) is 3.62. The molecule has 1 aromatic heterocycles. The van der Waals surface area contributed by atoms with Gasteiger partial charge in [0.2, 0.25) is 12.6 Å². The zero-order valence-corrected chi connectivity index (χ0v) is 14.8. The Morgan fingerprint density at radius 1 is 1.19 bits per heavy atom. The van der Waals surface area contributed by atoms with Gasteiger partial charge in [0.15, 0.2) is 11.5 Å². The Morgan fingerprint density at radius 3 is 2.65 bits per heavy atom. The number of hydrogen-bond acceptors (Lipinski definition) is 7. The average molecular weight is 359 g/mol. The third kappa shape index (κ3) is 2.94. The molecule has 0 amide bonds. The molecule has 2 aromatic rings. The molecule has 0 N–H and O–H groups in total. The largest absolute Gasteiger partial charge is 0.454 e.